The SMILES string of the molecule is CO[C@H]1/C=C/O[C@@]2(C)Oc3c(C)c(O)c4c(O)c(c(/C=N\N5CCN(C)CC5)c(O)c4c3C2=O)NC(=O)/C(C)=C\C=C\[C@@H](C)[C@H](O)[C@@H](C)[C@H](O)[C@@H](C)[C@H](OC(C)=O)[C@@H]1C.NC(=O)c1cnccn1.NNC(=O)c1ccncc1. The molecule has 5 bridgehead atoms. The monoisotopic (exact) mass is 1080 g/mol. The van der Waals surface area contributed by atoms with Crippen LogP contribution >= 0.6 is 0 Å². The molecular weight excluding hydrogens is 1010 g/mol. The van der Waals surface area contributed by atoms with Gasteiger partial charge < -0.3 is 60.4 Å². The van der Waals surface area contributed by atoms with Gasteiger partial charge >= 0.3 is 11.8 Å². The molecule has 2 aromatic carbocycles. The van der Waals surface area contributed by atoms with Gasteiger partial charge in [-0.05, 0) is 39.1 Å². The number of hydrogen-bond acceptors (Lipinski definition) is 21. The number of piperazine rings is 1. The minimum Gasteiger partial charge on any atom is -0.507 e. The topological polar surface area (TPSA) is 357 Å². The van der Waals surface area contributed by atoms with Gasteiger partial charge in [0.25, 0.3) is 23.5 Å². The third kappa shape index (κ3) is 14.1. The molecule has 0 spiro atoms. The number of likely N-dealkylation sites (N-methyl/N-ethyl adjacent to an activating group) is 1. The summed E-state index contributed by atoms with van der Waals surface area (Å²) < 4.78 is 23.6. The van der Waals surface area contributed by atoms with Crippen LogP contribution in [0.1, 0.15) is 90.8 Å². The predicted molar refractivity (Wildman–Crippen MR) is 287 cm³/mol. The van der Waals surface area contributed by atoms with E-state index in [1.165, 1.54) is 90.4 Å². The number of primary amides is 1. The number of benzene rings is 2. The predicted octanol–water partition coefficient (Wildman–Crippen LogP) is 3.60. The number of rotatable bonds is 6. The Balaban J connectivity index is 0.000000491. The lowest BCUT2D eigenvalue weighted by Gasteiger charge is -2.38. The van der Waals surface area contributed by atoms with Crippen LogP contribution < -0.4 is 27.1 Å². The Hall–Kier alpha value is -8.03. The van der Waals surface area contributed by atoms with E-state index in [0.29, 0.717) is 18.7 Å². The fraction of sp³-hybridized carbons (Fsp3) is 0.426. The number of hydrogen-bond donors (Lipinski definition) is 9. The summed E-state index contributed by atoms with van der Waals surface area (Å²) in [5, 5.41) is 66.8. The molecule has 1 fully saturated rings. The lowest BCUT2D eigenvalue weighted by Crippen LogP contribution is -2.46. The van der Waals surface area contributed by atoms with Crippen LogP contribution in [0.4, 0.5) is 5.69 Å². The number of aliphatic hydroxyl groups is 2. The summed E-state index contributed by atoms with van der Waals surface area (Å²) >= 11 is 0. The molecule has 24 heteroatoms. The van der Waals surface area contributed by atoms with Gasteiger partial charge in [-0.15, -0.1) is 0 Å². The summed E-state index contributed by atoms with van der Waals surface area (Å²) in [5.74, 6) is -4.31. The third-order valence-electron chi connectivity index (χ3n) is 13.8. The Labute approximate surface area is 451 Å². The van der Waals surface area contributed by atoms with Crippen molar-refractivity contribution in [3.05, 3.63) is 107 Å². The Morgan fingerprint density at radius 2 is 1.58 bits per heavy atom. The molecule has 4 aliphatic heterocycles. The lowest BCUT2D eigenvalue weighted by molar-refractivity contribution is -0.160. The molecule has 6 heterocycles. The molecule has 0 unspecified atom stereocenters. The highest BCUT2D eigenvalue weighted by atomic mass is 16.7. The number of pyridine rings is 1. The van der Waals surface area contributed by atoms with Crippen molar-refractivity contribution in [2.45, 2.75) is 85.6 Å². The minimum absolute atomic E-state index is 0.0559. The van der Waals surface area contributed by atoms with E-state index in [9.17, 15) is 49.5 Å². The molecule has 2 aromatic heterocycles. The van der Waals surface area contributed by atoms with Crippen LogP contribution in [-0.4, -0.2) is 157 Å². The first-order valence-electron chi connectivity index (χ1n) is 24.9. The number of fused-ring (bicyclic) bond motifs is 14. The quantitative estimate of drug-likeness (QED) is 0.0253. The summed E-state index contributed by atoms with van der Waals surface area (Å²) in [6.45, 7) is 15.1. The number of anilines is 1. The van der Waals surface area contributed by atoms with E-state index >= 15 is 0 Å². The number of nitrogen functional groups attached to an aromatic ring is 1. The number of phenolic OH excluding ortho intramolecular Hbond substituents is 3. The number of carbonyl (C=O) groups excluding carboxylic acids is 5. The van der Waals surface area contributed by atoms with Crippen molar-refractivity contribution < 1.29 is 68.5 Å². The highest BCUT2D eigenvalue weighted by Gasteiger charge is 2.50. The van der Waals surface area contributed by atoms with E-state index in [0.717, 1.165) is 13.1 Å². The molecule has 1 saturated heterocycles. The number of aromatic hydroxyl groups is 3. The van der Waals surface area contributed by atoms with Gasteiger partial charge in [0.15, 0.2) is 5.75 Å². The highest BCUT2D eigenvalue weighted by molar-refractivity contribution is 6.24. The zero-order chi connectivity index (χ0) is 57.8. The summed E-state index contributed by atoms with van der Waals surface area (Å²) in [5.41, 5.74) is 7.24. The number of amides is 3. The van der Waals surface area contributed by atoms with Crippen molar-refractivity contribution in [1.82, 2.24) is 30.3 Å². The van der Waals surface area contributed by atoms with Crippen molar-refractivity contribution in [1.29, 1.82) is 0 Å². The van der Waals surface area contributed by atoms with Gasteiger partial charge in [-0.2, -0.15) is 5.10 Å². The number of nitrogens with two attached hydrogens (primary N) is 2. The molecule has 24 nitrogen and oxygen atoms in total. The van der Waals surface area contributed by atoms with Crippen LogP contribution in [-0.2, 0) is 23.8 Å². The first-order chi connectivity index (χ1) is 36.9. The molecular formula is C54H70N10O14. The first kappa shape index (κ1) is 60.8. The standard InChI is InChI=1S/C43H58N4O12.C6H7N3O.C5H5N3O/c1-21-12-11-13-22(2)42(55)45-33-28(20-44-47-17-15-46(9)16-18-47)37(52)30-31(38(33)53)36(51)26(6)40-32(30)41(54)43(8,59-40)57-19-14-29(56-10)23(3)39(58-27(7)48)25(5)35(50)24(4)34(21)49;7-9-6(10)5-1-3-8-4-2-5;6-5(9)4-3-7-1-2-8-4/h11-14,19-21,23-25,29,34-35,39,49-53H,15-18H2,1-10H3,(H,45,55);1-4H,7H2,(H,9,10);1-3H,(H2,6,9)/b12-11+,19-14+,22-13-,44-20-;;/t21-,23-,24-,25-,29+,34+,35+,39-,43+;;/m1../s1. The van der Waals surface area contributed by atoms with Crippen LogP contribution in [0.25, 0.3) is 10.8 Å². The second-order valence-corrected chi connectivity index (χ2v) is 19.3. The van der Waals surface area contributed by atoms with Crippen molar-refractivity contribution in [2.24, 2.45) is 40.3 Å². The number of ketones is 1. The maximum absolute atomic E-state index is 14.4. The van der Waals surface area contributed by atoms with Crippen molar-refractivity contribution in [3.63, 3.8) is 0 Å². The third-order valence-corrected chi connectivity index (χ3v) is 13.8. The number of allylic oxidation sites excluding steroid dienone is 2. The largest absolute Gasteiger partial charge is 0.507 e. The zero-order valence-electron chi connectivity index (χ0n) is 45.2. The van der Waals surface area contributed by atoms with Gasteiger partial charge in [0.2, 0.25) is 0 Å². The summed E-state index contributed by atoms with van der Waals surface area (Å²) in [4.78, 5) is 74.7. The number of Topliss-reactive ketones (excluding diaryl/α,β-unsaturated/α-hetero) is 1. The number of hydrazone groups is 1. The number of nitrogens with zero attached hydrogens (tertiary/aromatic N) is 6. The number of aliphatic hydroxyl groups excluding tert-OH is 2. The Morgan fingerprint density at radius 1 is 0.910 bits per heavy atom. The normalized spacial score (nSPS) is 26.4. The Kier molecular flexibility index (Phi) is 20.9. The smallest absolute Gasteiger partial charge is 0.312 e. The molecule has 0 aliphatic carbocycles. The minimum atomic E-state index is -2.04. The number of nitrogens with one attached hydrogen (secondary N) is 2. The second-order valence-electron chi connectivity index (χ2n) is 19.3. The molecule has 8 rings (SSSR count). The van der Waals surface area contributed by atoms with Crippen LogP contribution in [0.15, 0.2) is 84.4 Å². The van der Waals surface area contributed by atoms with Crippen molar-refractivity contribution >= 4 is 52.1 Å². The molecule has 9 atom stereocenters. The average molecular weight is 1080 g/mol. The van der Waals surface area contributed by atoms with Crippen LogP contribution in [0.2, 0.25) is 0 Å². The summed E-state index contributed by atoms with van der Waals surface area (Å²) in [6.07, 6.45) is 12.1. The van der Waals surface area contributed by atoms with E-state index in [-0.39, 0.29) is 56.1 Å². The molecule has 78 heavy (non-hydrogen) atoms. The summed E-state index contributed by atoms with van der Waals surface area (Å²) in [6, 6.07) is 3.17. The van der Waals surface area contributed by atoms with Crippen LogP contribution in [0.3, 0.4) is 0 Å². The molecule has 4 aromatic rings. The van der Waals surface area contributed by atoms with Crippen LogP contribution in [0, 0.1) is 30.6 Å². The number of carbonyl (C=O) groups is 5. The van der Waals surface area contributed by atoms with Gasteiger partial charge in [0, 0.05) is 118 Å². The molecule has 11 N–H and O–H groups in total. The molecule has 420 valence electrons. The number of esters is 1. The number of aromatic nitrogens is 3. The molecule has 3 amide bonds. The van der Waals surface area contributed by atoms with Gasteiger partial charge in [0.1, 0.15) is 29.0 Å². The number of phenols is 3. The number of ether oxygens (including phenoxy) is 4. The highest BCUT2D eigenvalue weighted by Crippen LogP contribution is 2.55. The van der Waals surface area contributed by atoms with E-state index in [2.05, 4.69) is 30.3 Å². The van der Waals surface area contributed by atoms with E-state index in [4.69, 9.17) is 30.5 Å². The van der Waals surface area contributed by atoms with Crippen molar-refractivity contribution in [3.8, 4) is 23.0 Å². The van der Waals surface area contributed by atoms with E-state index < -0.39 is 94.7 Å². The Morgan fingerprint density at radius 3 is 2.15 bits per heavy atom. The number of methoxy groups -OCH3 is 1. The first-order valence-corrected chi connectivity index (χ1v) is 24.9. The van der Waals surface area contributed by atoms with Gasteiger partial charge in [-0.25, -0.2) is 10.8 Å². The molecule has 4 aliphatic rings. The average Bonchev–Trinajstić information content (AvgIpc) is 3.83. The summed E-state index contributed by atoms with van der Waals surface area (Å²) in [7, 11) is 3.42. The van der Waals surface area contributed by atoms with Gasteiger partial charge in [-0.1, -0.05) is 45.9 Å². The van der Waals surface area contributed by atoms with E-state index in [1.54, 1.807) is 57.0 Å². The fourth-order valence-corrected chi connectivity index (χ4v) is 8.94. The number of hydrazine groups is 1. The maximum Gasteiger partial charge on any atom is 0.312 e. The second kappa shape index (κ2) is 26.8. The molecule has 0 saturated carbocycles. The van der Waals surface area contributed by atoms with Crippen LogP contribution in [0.5, 0.6) is 23.0 Å². The maximum atomic E-state index is 14.4. The van der Waals surface area contributed by atoms with Crippen molar-refractivity contribution in [2.75, 3.05) is 45.7 Å². The van der Waals surface area contributed by atoms with Gasteiger partial charge in [0.05, 0.1) is 59.2 Å². The van der Waals surface area contributed by atoms with E-state index in [1.807, 2.05) is 12.5 Å². The van der Waals surface area contributed by atoms with Gasteiger partial charge in [-0.3, -0.25) is 44.4 Å². The lowest BCUT2D eigenvalue weighted by atomic mass is 9.78. The molecule has 0 radical (unpaired) electrons. The zero-order valence-corrected chi connectivity index (χ0v) is 45.2. The Bertz CT molecular complexity index is 2930. The fourth-order valence-electron chi connectivity index (χ4n) is 8.94.